The molecule has 1 aliphatic rings. The highest BCUT2D eigenvalue weighted by Crippen LogP contribution is 2.14. The Labute approximate surface area is 86.7 Å². The molecule has 1 atom stereocenters. The molecule has 5 heteroatoms. The Morgan fingerprint density at radius 3 is 3.13 bits per heavy atom. The fourth-order valence-corrected chi connectivity index (χ4v) is 1.27. The summed E-state index contributed by atoms with van der Waals surface area (Å²) in [6, 6.07) is 3.44. The van der Waals surface area contributed by atoms with Gasteiger partial charge < -0.3 is 10.1 Å². The van der Waals surface area contributed by atoms with Crippen molar-refractivity contribution in [3.05, 3.63) is 23.8 Å². The predicted molar refractivity (Wildman–Crippen MR) is 50.8 cm³/mol. The van der Waals surface area contributed by atoms with E-state index in [0.717, 1.165) is 13.0 Å². The zero-order chi connectivity index (χ0) is 10.7. The van der Waals surface area contributed by atoms with Crippen molar-refractivity contribution in [2.24, 2.45) is 0 Å². The monoisotopic (exact) mass is 207 g/mol. The standard InChI is InChI=1S/C10H10FN3O/c11-10-7(4-12)3-9(5-14-10)15-6-8-1-2-13-8/h3,5,8,13H,1-2,6H2. The molecule has 2 heterocycles. The number of nitriles is 1. The van der Waals surface area contributed by atoms with Crippen molar-refractivity contribution in [2.45, 2.75) is 12.5 Å². The van der Waals surface area contributed by atoms with Crippen molar-refractivity contribution in [2.75, 3.05) is 13.2 Å². The lowest BCUT2D eigenvalue weighted by atomic mass is 10.1. The molecule has 1 N–H and O–H groups in total. The van der Waals surface area contributed by atoms with E-state index < -0.39 is 5.95 Å². The number of nitrogens with zero attached hydrogens (tertiary/aromatic N) is 2. The number of rotatable bonds is 3. The topological polar surface area (TPSA) is 57.9 Å². The second kappa shape index (κ2) is 4.24. The first-order valence-corrected chi connectivity index (χ1v) is 4.71. The van der Waals surface area contributed by atoms with Crippen molar-refractivity contribution in [1.29, 1.82) is 5.26 Å². The zero-order valence-electron chi connectivity index (χ0n) is 8.03. The fraction of sp³-hybridized carbons (Fsp3) is 0.400. The van der Waals surface area contributed by atoms with Gasteiger partial charge in [-0.15, -0.1) is 0 Å². The van der Waals surface area contributed by atoms with Gasteiger partial charge in [-0.3, -0.25) is 0 Å². The van der Waals surface area contributed by atoms with Crippen LogP contribution in [0.4, 0.5) is 4.39 Å². The molecule has 1 unspecified atom stereocenters. The van der Waals surface area contributed by atoms with Crippen LogP contribution in [0.15, 0.2) is 12.3 Å². The summed E-state index contributed by atoms with van der Waals surface area (Å²) in [6.45, 7) is 1.54. The molecule has 0 radical (unpaired) electrons. The molecule has 1 aliphatic heterocycles. The number of ether oxygens (including phenoxy) is 1. The number of nitrogens with one attached hydrogen (secondary N) is 1. The van der Waals surface area contributed by atoms with Crippen LogP contribution < -0.4 is 10.1 Å². The molecule has 4 nitrogen and oxygen atoms in total. The first-order chi connectivity index (χ1) is 7.29. The Morgan fingerprint density at radius 1 is 1.73 bits per heavy atom. The van der Waals surface area contributed by atoms with E-state index in [1.165, 1.54) is 12.3 Å². The Balaban J connectivity index is 1.99. The molecule has 0 saturated carbocycles. The minimum atomic E-state index is -0.758. The van der Waals surface area contributed by atoms with Crippen molar-refractivity contribution < 1.29 is 9.13 Å². The lowest BCUT2D eigenvalue weighted by Crippen LogP contribution is -2.46. The number of halogens is 1. The van der Waals surface area contributed by atoms with Crippen LogP contribution in [0, 0.1) is 17.3 Å². The van der Waals surface area contributed by atoms with Gasteiger partial charge in [0.2, 0.25) is 5.95 Å². The lowest BCUT2D eigenvalue weighted by Gasteiger charge is -2.27. The summed E-state index contributed by atoms with van der Waals surface area (Å²) in [6.07, 6.45) is 2.37. The van der Waals surface area contributed by atoms with E-state index in [9.17, 15) is 4.39 Å². The number of pyridine rings is 1. The van der Waals surface area contributed by atoms with E-state index in [1.54, 1.807) is 6.07 Å². The van der Waals surface area contributed by atoms with Gasteiger partial charge >= 0.3 is 0 Å². The highest BCUT2D eigenvalue weighted by molar-refractivity contribution is 5.33. The predicted octanol–water partition coefficient (Wildman–Crippen LogP) is 0.833. The number of hydrogen-bond acceptors (Lipinski definition) is 4. The molecule has 1 aromatic heterocycles. The van der Waals surface area contributed by atoms with Crippen LogP contribution in [0.5, 0.6) is 5.75 Å². The average Bonchev–Trinajstić information content (AvgIpc) is 2.18. The molecule has 1 fully saturated rings. The summed E-state index contributed by atoms with van der Waals surface area (Å²) < 4.78 is 18.2. The smallest absolute Gasteiger partial charge is 0.231 e. The quantitative estimate of drug-likeness (QED) is 0.746. The SMILES string of the molecule is N#Cc1cc(OCC2CCN2)cnc1F. The van der Waals surface area contributed by atoms with Gasteiger partial charge in [0.25, 0.3) is 0 Å². The third-order valence-electron chi connectivity index (χ3n) is 2.31. The molecule has 0 spiro atoms. The maximum Gasteiger partial charge on any atom is 0.231 e. The third-order valence-corrected chi connectivity index (χ3v) is 2.31. The molecule has 0 amide bonds. The zero-order valence-corrected chi connectivity index (χ0v) is 8.03. The fourth-order valence-electron chi connectivity index (χ4n) is 1.27. The first kappa shape index (κ1) is 9.87. The van der Waals surface area contributed by atoms with Crippen LogP contribution in [-0.4, -0.2) is 24.2 Å². The Hall–Kier alpha value is -1.67. The van der Waals surface area contributed by atoms with Crippen LogP contribution in [0.3, 0.4) is 0 Å². The normalized spacial score (nSPS) is 19.1. The van der Waals surface area contributed by atoms with E-state index in [0.29, 0.717) is 18.4 Å². The van der Waals surface area contributed by atoms with Crippen LogP contribution in [0.25, 0.3) is 0 Å². The van der Waals surface area contributed by atoms with Gasteiger partial charge in [0, 0.05) is 12.1 Å². The van der Waals surface area contributed by atoms with Gasteiger partial charge in [-0.05, 0) is 13.0 Å². The first-order valence-electron chi connectivity index (χ1n) is 4.71. The van der Waals surface area contributed by atoms with Crippen LogP contribution in [-0.2, 0) is 0 Å². The van der Waals surface area contributed by atoms with Crippen LogP contribution >= 0.6 is 0 Å². The molecule has 15 heavy (non-hydrogen) atoms. The molecule has 1 aromatic rings. The van der Waals surface area contributed by atoms with Crippen molar-refractivity contribution >= 4 is 0 Å². The average molecular weight is 207 g/mol. The molecule has 0 aromatic carbocycles. The molecular formula is C10H10FN3O. The van der Waals surface area contributed by atoms with E-state index in [2.05, 4.69) is 10.3 Å². The van der Waals surface area contributed by atoms with E-state index in [4.69, 9.17) is 10.00 Å². The second-order valence-electron chi connectivity index (χ2n) is 3.37. The lowest BCUT2D eigenvalue weighted by molar-refractivity contribution is 0.216. The summed E-state index contributed by atoms with van der Waals surface area (Å²) in [4.78, 5) is 3.44. The van der Waals surface area contributed by atoms with Crippen molar-refractivity contribution in [1.82, 2.24) is 10.3 Å². The van der Waals surface area contributed by atoms with Gasteiger partial charge in [0.15, 0.2) is 0 Å². The Kier molecular flexibility index (Phi) is 2.79. The summed E-state index contributed by atoms with van der Waals surface area (Å²) in [7, 11) is 0. The second-order valence-corrected chi connectivity index (χ2v) is 3.37. The minimum Gasteiger partial charge on any atom is -0.490 e. The van der Waals surface area contributed by atoms with Crippen LogP contribution in [0.2, 0.25) is 0 Å². The van der Waals surface area contributed by atoms with Gasteiger partial charge in [-0.1, -0.05) is 0 Å². The van der Waals surface area contributed by atoms with Crippen molar-refractivity contribution in [3.63, 3.8) is 0 Å². The maximum absolute atomic E-state index is 12.8. The van der Waals surface area contributed by atoms with E-state index >= 15 is 0 Å². The Morgan fingerprint density at radius 2 is 2.53 bits per heavy atom. The van der Waals surface area contributed by atoms with Crippen molar-refractivity contribution in [3.8, 4) is 11.8 Å². The highest BCUT2D eigenvalue weighted by Gasteiger charge is 2.16. The third kappa shape index (κ3) is 2.22. The molecule has 2 rings (SSSR count). The summed E-state index contributed by atoms with van der Waals surface area (Å²) in [5.74, 6) is -0.326. The van der Waals surface area contributed by atoms with Crippen LogP contribution in [0.1, 0.15) is 12.0 Å². The number of aromatic nitrogens is 1. The minimum absolute atomic E-state index is 0.0888. The van der Waals surface area contributed by atoms with Gasteiger partial charge in [0.05, 0.1) is 6.20 Å². The summed E-state index contributed by atoms with van der Waals surface area (Å²) in [5, 5.41) is 11.8. The van der Waals surface area contributed by atoms with Gasteiger partial charge in [-0.2, -0.15) is 9.65 Å². The van der Waals surface area contributed by atoms with Gasteiger partial charge in [0.1, 0.15) is 24.0 Å². The van der Waals surface area contributed by atoms with E-state index in [1.807, 2.05) is 0 Å². The largest absolute Gasteiger partial charge is 0.490 e. The van der Waals surface area contributed by atoms with Gasteiger partial charge in [-0.25, -0.2) is 4.98 Å². The maximum atomic E-state index is 12.8. The number of hydrogen-bond donors (Lipinski definition) is 1. The molecule has 0 bridgehead atoms. The summed E-state index contributed by atoms with van der Waals surface area (Å²) in [5.41, 5.74) is -0.0888. The molecular weight excluding hydrogens is 197 g/mol. The Bertz CT molecular complexity index is 398. The van der Waals surface area contributed by atoms with E-state index in [-0.39, 0.29) is 5.56 Å². The molecule has 78 valence electrons. The highest BCUT2D eigenvalue weighted by atomic mass is 19.1. The molecule has 0 aliphatic carbocycles. The summed E-state index contributed by atoms with van der Waals surface area (Å²) >= 11 is 0. The molecule has 1 saturated heterocycles.